The molecule has 25 heavy (non-hydrogen) atoms. The van der Waals surface area contributed by atoms with Crippen LogP contribution in [0.15, 0.2) is 46.9 Å². The summed E-state index contributed by atoms with van der Waals surface area (Å²) in [5, 5.41) is 10.9. The summed E-state index contributed by atoms with van der Waals surface area (Å²) in [6.45, 7) is 0. The molecule has 0 saturated carbocycles. The van der Waals surface area contributed by atoms with Gasteiger partial charge in [-0.2, -0.15) is 0 Å². The van der Waals surface area contributed by atoms with Crippen molar-refractivity contribution >= 4 is 34.0 Å². The van der Waals surface area contributed by atoms with Gasteiger partial charge in [-0.15, -0.1) is 0 Å². The van der Waals surface area contributed by atoms with E-state index in [9.17, 15) is 14.7 Å². The van der Waals surface area contributed by atoms with Crippen molar-refractivity contribution in [1.29, 1.82) is 0 Å². The first-order chi connectivity index (χ1) is 12.1. The molecule has 2 N–H and O–H groups in total. The second-order valence-electron chi connectivity index (χ2n) is 5.84. The molecular formula is C18H14N2O4S. The van der Waals surface area contributed by atoms with Crippen LogP contribution in [0.2, 0.25) is 0 Å². The molecule has 1 fully saturated rings. The summed E-state index contributed by atoms with van der Waals surface area (Å²) in [5.74, 6) is 0.558. The first-order valence-corrected chi connectivity index (χ1v) is 8.62. The van der Waals surface area contributed by atoms with Gasteiger partial charge in [-0.1, -0.05) is 30.0 Å². The zero-order valence-electron chi connectivity index (χ0n) is 13.1. The number of benzene rings is 2. The van der Waals surface area contributed by atoms with Crippen molar-refractivity contribution in [2.24, 2.45) is 0 Å². The lowest BCUT2D eigenvalue weighted by atomic mass is 10.1. The number of nitrogens with one attached hydrogen (secondary N) is 1. The monoisotopic (exact) mass is 354 g/mol. The molecule has 7 heteroatoms. The molecule has 6 nitrogen and oxygen atoms in total. The van der Waals surface area contributed by atoms with E-state index in [2.05, 4.69) is 10.3 Å². The average Bonchev–Trinajstić information content (AvgIpc) is 3.11. The number of thioether (sulfide) groups is 1. The van der Waals surface area contributed by atoms with Gasteiger partial charge in [0, 0.05) is 6.42 Å². The Morgan fingerprint density at radius 3 is 2.60 bits per heavy atom. The van der Waals surface area contributed by atoms with Crippen molar-refractivity contribution in [2.45, 2.75) is 18.1 Å². The van der Waals surface area contributed by atoms with Gasteiger partial charge < -0.3 is 9.52 Å². The molecule has 1 aromatic heterocycles. The number of phenols is 1. The Balaban J connectivity index is 1.54. The van der Waals surface area contributed by atoms with Gasteiger partial charge in [-0.05, 0) is 41.8 Å². The van der Waals surface area contributed by atoms with Crippen LogP contribution in [0.5, 0.6) is 5.75 Å². The third-order valence-electron chi connectivity index (χ3n) is 3.98. The summed E-state index contributed by atoms with van der Waals surface area (Å²) >= 11 is 1.02. The van der Waals surface area contributed by atoms with E-state index in [0.717, 1.165) is 28.4 Å². The van der Waals surface area contributed by atoms with Crippen molar-refractivity contribution in [3.05, 3.63) is 59.5 Å². The van der Waals surface area contributed by atoms with Crippen molar-refractivity contribution in [2.75, 3.05) is 0 Å². The van der Waals surface area contributed by atoms with E-state index in [1.165, 1.54) is 0 Å². The molecule has 0 spiro atoms. The molecule has 126 valence electrons. The van der Waals surface area contributed by atoms with Crippen LogP contribution in [0.25, 0.3) is 11.1 Å². The number of phenolic OH excluding ortho intramolecular Hbond substituents is 1. The van der Waals surface area contributed by atoms with Gasteiger partial charge in [0.2, 0.25) is 5.91 Å². The minimum absolute atomic E-state index is 0.221. The Bertz CT molecular complexity index is 965. The second kappa shape index (κ2) is 6.25. The number of imide groups is 1. The lowest BCUT2D eigenvalue weighted by Gasteiger charge is -2.04. The summed E-state index contributed by atoms with van der Waals surface area (Å²) in [5.41, 5.74) is 3.32. The highest BCUT2D eigenvalue weighted by Gasteiger charge is 2.31. The van der Waals surface area contributed by atoms with E-state index in [4.69, 9.17) is 4.42 Å². The summed E-state index contributed by atoms with van der Waals surface area (Å²) in [7, 11) is 0. The smallest absolute Gasteiger partial charge is 0.286 e. The van der Waals surface area contributed by atoms with Gasteiger partial charge >= 0.3 is 0 Å². The minimum Gasteiger partial charge on any atom is -0.508 e. The normalized spacial score (nSPS) is 17.2. The number of hydrogen-bond acceptors (Lipinski definition) is 6. The highest BCUT2D eigenvalue weighted by molar-refractivity contribution is 8.15. The number of aromatic nitrogens is 1. The van der Waals surface area contributed by atoms with Gasteiger partial charge in [0.15, 0.2) is 11.5 Å². The SMILES string of the molecule is O=C1NC(=O)C(Cc2ccc3oc(Cc4ccc(O)cc4)nc3c2)S1. The van der Waals surface area contributed by atoms with Crippen LogP contribution in [0.4, 0.5) is 4.79 Å². The van der Waals surface area contributed by atoms with Crippen LogP contribution in [-0.4, -0.2) is 26.5 Å². The number of fused-ring (bicyclic) bond motifs is 1. The maximum atomic E-state index is 11.7. The Hall–Kier alpha value is -2.80. The summed E-state index contributed by atoms with van der Waals surface area (Å²) in [4.78, 5) is 27.4. The molecular weight excluding hydrogens is 340 g/mol. The van der Waals surface area contributed by atoms with E-state index in [1.54, 1.807) is 12.1 Å². The molecule has 0 radical (unpaired) electrons. The van der Waals surface area contributed by atoms with Crippen molar-refractivity contribution < 1.29 is 19.1 Å². The zero-order valence-corrected chi connectivity index (χ0v) is 13.9. The third-order valence-corrected chi connectivity index (χ3v) is 4.96. The summed E-state index contributed by atoms with van der Waals surface area (Å²) in [6, 6.07) is 12.5. The van der Waals surface area contributed by atoms with Gasteiger partial charge in [0.1, 0.15) is 11.3 Å². The fourth-order valence-corrected chi connectivity index (χ4v) is 3.61. The summed E-state index contributed by atoms with van der Waals surface area (Å²) in [6.07, 6.45) is 0.998. The van der Waals surface area contributed by atoms with E-state index in [-0.39, 0.29) is 16.9 Å². The first kappa shape index (κ1) is 15.7. The average molecular weight is 354 g/mol. The molecule has 2 amide bonds. The standard InChI is InChI=1S/C18H14N2O4S/c21-12-4-1-10(2-5-12)9-16-19-13-7-11(3-6-14(13)24-16)8-15-17(22)20-18(23)25-15/h1-7,15,21H,8-9H2,(H,20,22,23). The Morgan fingerprint density at radius 1 is 1.12 bits per heavy atom. The van der Waals surface area contributed by atoms with Gasteiger partial charge in [0.25, 0.3) is 5.24 Å². The van der Waals surface area contributed by atoms with E-state index in [0.29, 0.717) is 24.3 Å². The molecule has 1 aliphatic heterocycles. The molecule has 1 saturated heterocycles. The maximum absolute atomic E-state index is 11.7. The van der Waals surface area contributed by atoms with Gasteiger partial charge in [0.05, 0.1) is 5.25 Å². The number of hydrogen-bond donors (Lipinski definition) is 2. The Morgan fingerprint density at radius 2 is 1.88 bits per heavy atom. The quantitative estimate of drug-likeness (QED) is 0.748. The van der Waals surface area contributed by atoms with Gasteiger partial charge in [-0.25, -0.2) is 4.98 Å². The summed E-state index contributed by atoms with van der Waals surface area (Å²) < 4.78 is 5.75. The molecule has 1 unspecified atom stereocenters. The number of oxazole rings is 1. The van der Waals surface area contributed by atoms with E-state index >= 15 is 0 Å². The highest BCUT2D eigenvalue weighted by atomic mass is 32.2. The molecule has 0 aliphatic carbocycles. The minimum atomic E-state index is -0.395. The van der Waals surface area contributed by atoms with E-state index in [1.807, 2.05) is 30.3 Å². The molecule has 2 heterocycles. The topological polar surface area (TPSA) is 92.4 Å². The number of carbonyl (C=O) groups is 2. The molecule has 0 bridgehead atoms. The number of rotatable bonds is 4. The molecule has 4 rings (SSSR count). The zero-order chi connectivity index (χ0) is 17.4. The first-order valence-electron chi connectivity index (χ1n) is 7.74. The van der Waals surface area contributed by atoms with Crippen LogP contribution >= 0.6 is 11.8 Å². The Labute approximate surface area is 147 Å². The molecule has 1 atom stereocenters. The van der Waals surface area contributed by atoms with Crippen LogP contribution in [0, 0.1) is 0 Å². The number of carbonyl (C=O) groups excluding carboxylic acids is 2. The van der Waals surface area contributed by atoms with Crippen LogP contribution in [0.3, 0.4) is 0 Å². The van der Waals surface area contributed by atoms with Crippen molar-refractivity contribution in [3.8, 4) is 5.75 Å². The second-order valence-corrected chi connectivity index (χ2v) is 7.02. The number of aromatic hydroxyl groups is 1. The third kappa shape index (κ3) is 3.36. The van der Waals surface area contributed by atoms with Crippen molar-refractivity contribution in [3.63, 3.8) is 0 Å². The lowest BCUT2D eigenvalue weighted by Crippen LogP contribution is -2.25. The molecule has 1 aliphatic rings. The van der Waals surface area contributed by atoms with Gasteiger partial charge in [-0.3, -0.25) is 14.9 Å². The number of amides is 2. The fourth-order valence-electron chi connectivity index (χ4n) is 2.75. The molecule has 2 aromatic carbocycles. The Kier molecular flexibility index (Phi) is 3.93. The van der Waals surface area contributed by atoms with Crippen LogP contribution < -0.4 is 5.32 Å². The lowest BCUT2D eigenvalue weighted by molar-refractivity contribution is -0.118. The molecule has 3 aromatic rings. The fraction of sp³-hybridized carbons (Fsp3) is 0.167. The van der Waals surface area contributed by atoms with Crippen molar-refractivity contribution in [1.82, 2.24) is 10.3 Å². The van der Waals surface area contributed by atoms with E-state index < -0.39 is 5.25 Å². The predicted molar refractivity (Wildman–Crippen MR) is 93.5 cm³/mol. The van der Waals surface area contributed by atoms with Crippen LogP contribution in [0.1, 0.15) is 17.0 Å². The maximum Gasteiger partial charge on any atom is 0.286 e. The predicted octanol–water partition coefficient (Wildman–Crippen LogP) is 3.02. The van der Waals surface area contributed by atoms with Crippen LogP contribution in [-0.2, 0) is 17.6 Å². The largest absolute Gasteiger partial charge is 0.508 e. The highest BCUT2D eigenvalue weighted by Crippen LogP contribution is 2.25. The number of nitrogens with zero attached hydrogens (tertiary/aromatic N) is 1.